The van der Waals surface area contributed by atoms with Crippen LogP contribution in [0.3, 0.4) is 0 Å². The Hall–Kier alpha value is -1.38. The molecule has 2 aliphatic rings. The van der Waals surface area contributed by atoms with Crippen molar-refractivity contribution in [3.05, 3.63) is 23.8 Å². The maximum atomic E-state index is 11.7. The van der Waals surface area contributed by atoms with E-state index in [9.17, 15) is 4.79 Å². The van der Waals surface area contributed by atoms with Gasteiger partial charge in [0, 0.05) is 11.6 Å². The van der Waals surface area contributed by atoms with Gasteiger partial charge >= 0.3 is 5.97 Å². The normalized spacial score (nSPS) is 29.8. The predicted octanol–water partition coefficient (Wildman–Crippen LogP) is 3.70. The first kappa shape index (κ1) is 15.0. The smallest absolute Gasteiger partial charge is 0.337 e. The Morgan fingerprint density at radius 2 is 2.25 bits per heavy atom. The van der Waals surface area contributed by atoms with E-state index >= 15 is 0 Å². The lowest BCUT2D eigenvalue weighted by Gasteiger charge is -2.44. The van der Waals surface area contributed by atoms with Crippen molar-refractivity contribution in [1.29, 1.82) is 0 Å². The second-order valence-corrected chi connectivity index (χ2v) is 6.40. The zero-order valence-electron chi connectivity index (χ0n) is 13.0. The first-order chi connectivity index (χ1) is 9.35. The van der Waals surface area contributed by atoms with E-state index in [1.54, 1.807) is 0 Å². The van der Waals surface area contributed by atoms with Crippen molar-refractivity contribution >= 4 is 11.7 Å². The van der Waals surface area contributed by atoms with Crippen LogP contribution in [0.15, 0.2) is 28.8 Å². The number of allylic oxidation sites excluding steroid dienone is 1. The summed E-state index contributed by atoms with van der Waals surface area (Å²) in [6.45, 7) is 12.6. The van der Waals surface area contributed by atoms with Gasteiger partial charge in [0.1, 0.15) is 0 Å². The fourth-order valence-corrected chi connectivity index (χ4v) is 3.45. The van der Waals surface area contributed by atoms with Gasteiger partial charge in [0.2, 0.25) is 0 Å². The first-order valence-electron chi connectivity index (χ1n) is 7.48. The van der Waals surface area contributed by atoms with Crippen molar-refractivity contribution in [1.82, 2.24) is 0 Å². The van der Waals surface area contributed by atoms with Gasteiger partial charge in [-0.25, -0.2) is 4.79 Å². The van der Waals surface area contributed by atoms with Gasteiger partial charge in [-0.2, -0.15) is 0 Å². The highest BCUT2D eigenvalue weighted by Crippen LogP contribution is 2.45. The molecule has 2 unspecified atom stereocenters. The molecule has 2 rings (SSSR count). The van der Waals surface area contributed by atoms with Crippen molar-refractivity contribution < 1.29 is 9.53 Å². The van der Waals surface area contributed by atoms with Crippen LogP contribution in [0.4, 0.5) is 0 Å². The molecule has 110 valence electrons. The summed E-state index contributed by atoms with van der Waals surface area (Å²) in [5, 5.41) is 0. The molecule has 0 saturated heterocycles. The average Bonchev–Trinajstić information content (AvgIpc) is 2.37. The summed E-state index contributed by atoms with van der Waals surface area (Å²) in [5.41, 5.74) is 2.99. The Morgan fingerprint density at radius 3 is 2.90 bits per heavy atom. The monoisotopic (exact) mass is 275 g/mol. The van der Waals surface area contributed by atoms with E-state index in [2.05, 4.69) is 27.4 Å². The molecule has 0 aromatic carbocycles. The van der Waals surface area contributed by atoms with E-state index in [1.807, 2.05) is 13.0 Å². The minimum absolute atomic E-state index is 0.0598. The minimum atomic E-state index is -0.312. The van der Waals surface area contributed by atoms with Gasteiger partial charge in [-0.3, -0.25) is 4.99 Å². The van der Waals surface area contributed by atoms with Crippen LogP contribution in [0.25, 0.3) is 0 Å². The third-order valence-electron chi connectivity index (χ3n) is 4.61. The minimum Gasteiger partial charge on any atom is -0.462 e. The highest BCUT2D eigenvalue weighted by Gasteiger charge is 2.40. The average molecular weight is 275 g/mol. The molecule has 2 bridgehead atoms. The number of rotatable bonds is 3. The van der Waals surface area contributed by atoms with Crippen molar-refractivity contribution in [2.45, 2.75) is 52.5 Å². The zero-order valence-corrected chi connectivity index (χ0v) is 13.0. The lowest BCUT2D eigenvalue weighted by Crippen LogP contribution is -2.41. The highest BCUT2D eigenvalue weighted by atomic mass is 16.5. The maximum absolute atomic E-state index is 11.7. The highest BCUT2D eigenvalue weighted by molar-refractivity contribution is 5.92. The van der Waals surface area contributed by atoms with Gasteiger partial charge in [0.15, 0.2) is 0 Å². The van der Waals surface area contributed by atoms with E-state index in [-0.39, 0.29) is 11.5 Å². The Kier molecular flexibility index (Phi) is 4.17. The molecule has 0 aromatic heterocycles. The van der Waals surface area contributed by atoms with Crippen LogP contribution in [0, 0.1) is 11.8 Å². The molecular formula is C17H25NO2. The summed E-state index contributed by atoms with van der Waals surface area (Å²) in [5.74, 6) is 0.713. The van der Waals surface area contributed by atoms with Gasteiger partial charge < -0.3 is 4.74 Å². The van der Waals surface area contributed by atoms with Crippen LogP contribution < -0.4 is 0 Å². The summed E-state index contributed by atoms with van der Waals surface area (Å²) in [6.07, 6.45) is 5.24. The van der Waals surface area contributed by atoms with E-state index in [1.165, 1.54) is 11.3 Å². The van der Waals surface area contributed by atoms with Crippen LogP contribution in [-0.4, -0.2) is 23.8 Å². The molecular weight excluding hydrogens is 250 g/mol. The Morgan fingerprint density at radius 1 is 1.55 bits per heavy atom. The van der Waals surface area contributed by atoms with Gasteiger partial charge in [-0.1, -0.05) is 12.2 Å². The van der Waals surface area contributed by atoms with Crippen LogP contribution in [-0.2, 0) is 9.53 Å². The molecule has 3 nitrogen and oxygen atoms in total. The summed E-state index contributed by atoms with van der Waals surface area (Å²) in [7, 11) is 0. The van der Waals surface area contributed by atoms with E-state index in [4.69, 9.17) is 9.73 Å². The largest absolute Gasteiger partial charge is 0.462 e. The third-order valence-corrected chi connectivity index (χ3v) is 4.61. The molecule has 0 spiro atoms. The van der Waals surface area contributed by atoms with Gasteiger partial charge in [0.05, 0.1) is 17.7 Å². The van der Waals surface area contributed by atoms with Gasteiger partial charge in [0.25, 0.3) is 0 Å². The second kappa shape index (κ2) is 5.55. The third kappa shape index (κ3) is 2.87. The molecule has 1 heterocycles. The molecule has 1 saturated carbocycles. The summed E-state index contributed by atoms with van der Waals surface area (Å²) < 4.78 is 5.00. The molecule has 20 heavy (non-hydrogen) atoms. The number of esters is 1. The Bertz CT molecular complexity index is 485. The quantitative estimate of drug-likeness (QED) is 0.582. The van der Waals surface area contributed by atoms with Crippen molar-refractivity contribution in [2.24, 2.45) is 16.8 Å². The fraction of sp³-hybridized carbons (Fsp3) is 0.647. The lowest BCUT2D eigenvalue weighted by atomic mass is 9.66. The summed E-state index contributed by atoms with van der Waals surface area (Å²) >= 11 is 0. The topological polar surface area (TPSA) is 38.7 Å². The first-order valence-corrected chi connectivity index (χ1v) is 7.48. The van der Waals surface area contributed by atoms with E-state index < -0.39 is 0 Å². The standard InChI is InChI=1S/C17H25NO2/c1-6-20-16(19)11(2)9-13-7-8-14-10-15(13)12(3)18-17(14,4)5/h9,14-15H,2,6-8,10H2,1,3-5H3/b13-9+. The number of fused-ring (bicyclic) bond motifs is 2. The van der Waals surface area contributed by atoms with Crippen LogP contribution in [0.5, 0.6) is 0 Å². The van der Waals surface area contributed by atoms with Crippen LogP contribution in [0.1, 0.15) is 47.0 Å². The van der Waals surface area contributed by atoms with Crippen molar-refractivity contribution in [3.63, 3.8) is 0 Å². The number of hydrogen-bond acceptors (Lipinski definition) is 3. The van der Waals surface area contributed by atoms with Crippen molar-refractivity contribution in [3.8, 4) is 0 Å². The summed E-state index contributed by atoms with van der Waals surface area (Å²) in [4.78, 5) is 16.5. The number of hydrogen-bond donors (Lipinski definition) is 0. The number of carbonyl (C=O) groups excluding carboxylic acids is 1. The molecule has 0 amide bonds. The van der Waals surface area contributed by atoms with Crippen LogP contribution >= 0.6 is 0 Å². The molecule has 0 N–H and O–H groups in total. The molecule has 3 heteroatoms. The van der Waals surface area contributed by atoms with Crippen molar-refractivity contribution in [2.75, 3.05) is 6.61 Å². The molecule has 1 fully saturated rings. The van der Waals surface area contributed by atoms with E-state index in [0.29, 0.717) is 24.0 Å². The molecule has 1 aliphatic heterocycles. The maximum Gasteiger partial charge on any atom is 0.337 e. The van der Waals surface area contributed by atoms with Crippen LogP contribution in [0.2, 0.25) is 0 Å². The second-order valence-electron chi connectivity index (χ2n) is 6.40. The van der Waals surface area contributed by atoms with E-state index in [0.717, 1.165) is 19.3 Å². The molecule has 2 atom stereocenters. The SMILES string of the molecule is C=C(/C=C1\CCC2CC1C(C)=NC2(C)C)C(=O)OCC. The fourth-order valence-electron chi connectivity index (χ4n) is 3.45. The lowest BCUT2D eigenvalue weighted by molar-refractivity contribution is -0.138. The predicted molar refractivity (Wildman–Crippen MR) is 81.9 cm³/mol. The summed E-state index contributed by atoms with van der Waals surface area (Å²) in [6, 6.07) is 0. The molecule has 0 radical (unpaired) electrons. The van der Waals surface area contributed by atoms with Gasteiger partial charge in [-0.05, 0) is 59.0 Å². The van der Waals surface area contributed by atoms with Gasteiger partial charge in [-0.15, -0.1) is 0 Å². The number of carbonyl (C=O) groups is 1. The number of aliphatic imine (C=N–C) groups is 1. The number of ether oxygens (including phenoxy) is 1. The Labute approximate surface area is 121 Å². The Balaban J connectivity index is 2.20. The number of nitrogens with zero attached hydrogens (tertiary/aromatic N) is 1. The molecule has 1 aliphatic carbocycles. The zero-order chi connectivity index (χ0) is 14.9. The molecule has 0 aromatic rings.